The van der Waals surface area contributed by atoms with Gasteiger partial charge in [0.05, 0.1) is 26.2 Å². The predicted octanol–water partition coefficient (Wildman–Crippen LogP) is 19.6. The van der Waals surface area contributed by atoms with Crippen LogP contribution in [-0.4, -0.2) is 0 Å². The van der Waals surface area contributed by atoms with Crippen molar-refractivity contribution in [1.29, 1.82) is 0 Å². The van der Waals surface area contributed by atoms with Crippen LogP contribution in [0.3, 0.4) is 0 Å². The molecule has 11 aromatic rings. The number of benzene rings is 9. The largest absolute Gasteiger partial charge is 0.309 e. The van der Waals surface area contributed by atoms with Gasteiger partial charge in [0.25, 0.3) is 0 Å². The molecule has 4 heteroatoms. The van der Waals surface area contributed by atoms with Gasteiger partial charge < -0.3 is 9.80 Å². The van der Waals surface area contributed by atoms with E-state index >= 15 is 0 Å². The van der Waals surface area contributed by atoms with Crippen LogP contribution in [0, 0.1) is 19.8 Å². The van der Waals surface area contributed by atoms with E-state index in [4.69, 9.17) is 0 Å². The van der Waals surface area contributed by atoms with Gasteiger partial charge in [-0.15, -0.1) is 22.7 Å². The monoisotopic (exact) mass is 990 g/mol. The Morgan fingerprint density at radius 1 is 0.446 bits per heavy atom. The Labute approximate surface area is 443 Å². The highest BCUT2D eigenvalue weighted by molar-refractivity contribution is 7.27. The third kappa shape index (κ3) is 6.34. The van der Waals surface area contributed by atoms with E-state index in [2.05, 4.69) is 258 Å². The van der Waals surface area contributed by atoms with Crippen LogP contribution in [0.15, 0.2) is 212 Å². The van der Waals surface area contributed by atoms with E-state index in [9.17, 15) is 0 Å². The summed E-state index contributed by atoms with van der Waals surface area (Å²) in [5.41, 5.74) is 20.3. The van der Waals surface area contributed by atoms with Gasteiger partial charge in [-0.2, -0.15) is 0 Å². The zero-order valence-electron chi connectivity index (χ0n) is 42.9. The molecule has 74 heavy (non-hydrogen) atoms. The van der Waals surface area contributed by atoms with Gasteiger partial charge in [-0.25, -0.2) is 0 Å². The second kappa shape index (κ2) is 17.0. The van der Waals surface area contributed by atoms with Gasteiger partial charge in [-0.1, -0.05) is 192 Å². The highest BCUT2D eigenvalue weighted by Crippen LogP contribution is 2.66. The van der Waals surface area contributed by atoms with Crippen LogP contribution in [-0.2, 0) is 23.7 Å². The fourth-order valence-electron chi connectivity index (χ4n) is 13.8. The zero-order chi connectivity index (χ0) is 50.0. The molecular formula is C70H58N2S2. The van der Waals surface area contributed by atoms with Crippen molar-refractivity contribution < 1.29 is 0 Å². The highest BCUT2D eigenvalue weighted by atomic mass is 32.1. The van der Waals surface area contributed by atoms with E-state index in [0.29, 0.717) is 0 Å². The van der Waals surface area contributed by atoms with Crippen LogP contribution in [0.25, 0.3) is 40.3 Å². The Morgan fingerprint density at radius 2 is 0.905 bits per heavy atom. The second-order valence-electron chi connectivity index (χ2n) is 21.3. The molecule has 9 aromatic carbocycles. The van der Waals surface area contributed by atoms with E-state index in [0.717, 1.165) is 12.8 Å². The van der Waals surface area contributed by atoms with Crippen LogP contribution in [0.5, 0.6) is 0 Å². The van der Waals surface area contributed by atoms with E-state index < -0.39 is 5.41 Å². The van der Waals surface area contributed by atoms with Gasteiger partial charge in [0.2, 0.25) is 0 Å². The Balaban J connectivity index is 1.05. The summed E-state index contributed by atoms with van der Waals surface area (Å²) in [6.45, 7) is 13.9. The van der Waals surface area contributed by atoms with E-state index in [-0.39, 0.29) is 17.3 Å². The smallest absolute Gasteiger partial charge is 0.0640 e. The quantitative estimate of drug-likeness (QED) is 0.150. The summed E-state index contributed by atoms with van der Waals surface area (Å²) in [5.74, 6) is 0.143. The molecule has 1 spiro atoms. The van der Waals surface area contributed by atoms with E-state index in [1.165, 1.54) is 130 Å². The summed E-state index contributed by atoms with van der Waals surface area (Å²) >= 11 is 3.90. The molecule has 0 saturated carbocycles. The number of rotatable bonds is 8. The van der Waals surface area contributed by atoms with Gasteiger partial charge in [0, 0.05) is 71.0 Å². The molecule has 2 aromatic heterocycles. The van der Waals surface area contributed by atoms with Crippen LogP contribution in [0.4, 0.5) is 28.4 Å². The van der Waals surface area contributed by atoms with Gasteiger partial charge in [-0.3, -0.25) is 0 Å². The lowest BCUT2D eigenvalue weighted by Gasteiger charge is -2.49. The highest BCUT2D eigenvalue weighted by Gasteiger charge is 2.58. The number of anilines is 5. The number of thiophene rings is 2. The Morgan fingerprint density at radius 3 is 1.45 bits per heavy atom. The van der Waals surface area contributed by atoms with Crippen LogP contribution in [0.1, 0.15) is 89.2 Å². The third-order valence-electron chi connectivity index (χ3n) is 17.2. The molecule has 2 unspecified atom stereocenters. The fourth-order valence-corrected chi connectivity index (χ4v) is 16.6. The average Bonchev–Trinajstić information content (AvgIpc) is 4.28. The fraction of sp³-hybridized carbons (Fsp3) is 0.171. The number of hydrogen-bond donors (Lipinski definition) is 0. The van der Waals surface area contributed by atoms with Crippen molar-refractivity contribution in [1.82, 2.24) is 0 Å². The summed E-state index contributed by atoms with van der Waals surface area (Å²) in [6, 6.07) is 71.9. The summed E-state index contributed by atoms with van der Waals surface area (Å²) in [5, 5.41) is 5.32. The molecule has 0 aliphatic heterocycles. The number of para-hydroxylation sites is 2. The molecule has 0 fully saturated rings. The van der Waals surface area contributed by atoms with Crippen molar-refractivity contribution in [3.63, 3.8) is 0 Å². The first-order valence-electron chi connectivity index (χ1n) is 26.5. The van der Waals surface area contributed by atoms with Crippen molar-refractivity contribution in [2.24, 2.45) is 5.92 Å². The first-order chi connectivity index (χ1) is 36.2. The Bertz CT molecular complexity index is 4110. The molecule has 2 atom stereocenters. The van der Waals surface area contributed by atoms with Crippen LogP contribution >= 0.6 is 22.7 Å². The predicted molar refractivity (Wildman–Crippen MR) is 319 cm³/mol. The Kier molecular flexibility index (Phi) is 10.4. The maximum absolute atomic E-state index is 2.65. The van der Waals surface area contributed by atoms with Crippen LogP contribution in [0.2, 0.25) is 0 Å². The summed E-state index contributed by atoms with van der Waals surface area (Å²) in [7, 11) is 0. The molecular weight excluding hydrogens is 933 g/mol. The number of hydrogen-bond acceptors (Lipinski definition) is 4. The molecule has 360 valence electrons. The van der Waals surface area contributed by atoms with Crippen molar-refractivity contribution in [3.8, 4) is 0 Å². The molecule has 3 aliphatic rings. The molecule has 14 rings (SSSR count). The van der Waals surface area contributed by atoms with Gasteiger partial charge in [-0.05, 0) is 125 Å². The van der Waals surface area contributed by atoms with Gasteiger partial charge in [0.15, 0.2) is 0 Å². The lowest BCUT2D eigenvalue weighted by Crippen LogP contribution is -2.44. The lowest BCUT2D eigenvalue weighted by atomic mass is 9.53. The summed E-state index contributed by atoms with van der Waals surface area (Å²) in [4.78, 5) is 5.15. The molecule has 0 amide bonds. The maximum atomic E-state index is 2.65. The standard InChI is InChI=1S/C70H58N2S2/c1-7-45-23-17-25-49-51-27-19-35-63(67(51)73-65(45)49)71(61-33-15-9-21-43(61)3)47-37-39-55-53(41-47)54-42-48(38-40-56(54)70(55)59-31-13-11-29-57(59)69(5,6)58-30-12-14-32-60(58)70)72(62-34-16-10-22-44(62)4)64-36-20-28-52-50-26-18-24-46(8-2)66(50)74-68(52)64/h9-42,53,55H,7-8H2,1-6H3. The van der Waals surface area contributed by atoms with E-state index in [1.54, 1.807) is 0 Å². The first kappa shape index (κ1) is 45.1. The number of fused-ring (bicyclic) bond motifs is 15. The number of nitrogens with zero attached hydrogens (tertiary/aromatic N) is 2. The average molecular weight is 991 g/mol. The summed E-state index contributed by atoms with van der Waals surface area (Å²) < 4.78 is 5.42. The molecule has 0 saturated heterocycles. The minimum Gasteiger partial charge on any atom is -0.309 e. The minimum absolute atomic E-state index is 0.0399. The normalized spacial score (nSPS) is 16.9. The van der Waals surface area contributed by atoms with Crippen molar-refractivity contribution in [2.75, 3.05) is 9.80 Å². The van der Waals surface area contributed by atoms with Gasteiger partial charge >= 0.3 is 0 Å². The second-order valence-corrected chi connectivity index (χ2v) is 23.4. The van der Waals surface area contributed by atoms with Crippen LogP contribution < -0.4 is 9.80 Å². The molecule has 0 radical (unpaired) electrons. The lowest BCUT2D eigenvalue weighted by molar-refractivity contribution is 0.419. The Hall–Kier alpha value is -7.50. The first-order valence-corrected chi connectivity index (χ1v) is 28.2. The molecule has 2 heterocycles. The molecule has 0 N–H and O–H groups in total. The molecule has 0 bridgehead atoms. The van der Waals surface area contributed by atoms with Crippen molar-refractivity contribution in [2.45, 2.75) is 71.1 Å². The number of allylic oxidation sites excluding steroid dienone is 3. The molecule has 2 nitrogen and oxygen atoms in total. The zero-order valence-corrected chi connectivity index (χ0v) is 44.5. The maximum Gasteiger partial charge on any atom is 0.0640 e. The van der Waals surface area contributed by atoms with Gasteiger partial charge in [0.1, 0.15) is 0 Å². The minimum atomic E-state index is -0.440. The van der Waals surface area contributed by atoms with Crippen molar-refractivity contribution >= 4 is 91.5 Å². The topological polar surface area (TPSA) is 6.48 Å². The summed E-state index contributed by atoms with van der Waals surface area (Å²) in [6.07, 6.45) is 9.75. The van der Waals surface area contributed by atoms with Crippen molar-refractivity contribution in [3.05, 3.63) is 268 Å². The third-order valence-corrected chi connectivity index (χ3v) is 19.9. The van der Waals surface area contributed by atoms with E-state index in [1.807, 2.05) is 22.7 Å². The number of aryl methyl sites for hydroxylation is 4. The molecule has 3 aliphatic carbocycles. The SMILES string of the molecule is CCc1cccc2c1sc1c(N(C3=CC4c5cc(N(c6ccccc6C)c6cccc7c6sc6c(CC)cccc67)ccc5C5(c6ccccc6C(C)(C)c6ccccc65)C4C=C3)c3ccccc3C)cccc12.